The number of ether oxygens (including phenoxy) is 1. The molecule has 0 saturated heterocycles. The molecule has 1 aliphatic rings. The molecular weight excluding hydrogens is 693 g/mol. The largest absolute Gasteiger partial charge is 0.453 e. The molecule has 0 saturated carbocycles. The molecule has 0 unspecified atom stereocenters. The van der Waals surface area contributed by atoms with Gasteiger partial charge >= 0.3 is 0 Å². The number of fused-ring (bicyclic) bond motifs is 8. The SMILES string of the molecule is c1ccc(-c2ccc3c(c2)c2cc(-c4ccccc4)ccc2n3-c2cccc(-c3ccc(-c4ccc5c(c4)Oc4cccc6c7ccccc7n-5c46)cc3)c2)cc1. The average molecular weight is 727 g/mol. The van der Waals surface area contributed by atoms with Crippen molar-refractivity contribution >= 4 is 43.6 Å². The van der Waals surface area contributed by atoms with Crippen LogP contribution in [-0.2, 0) is 0 Å². The van der Waals surface area contributed by atoms with Gasteiger partial charge in [-0.25, -0.2) is 0 Å². The number of hydrogen-bond acceptors (Lipinski definition) is 1. The first-order valence-electron chi connectivity index (χ1n) is 19.5. The van der Waals surface area contributed by atoms with Gasteiger partial charge in [0.25, 0.3) is 0 Å². The van der Waals surface area contributed by atoms with E-state index in [0.29, 0.717) is 0 Å². The van der Waals surface area contributed by atoms with Crippen LogP contribution in [0.4, 0.5) is 0 Å². The van der Waals surface area contributed by atoms with Crippen LogP contribution in [0, 0.1) is 0 Å². The Morgan fingerprint density at radius 3 is 1.46 bits per heavy atom. The number of rotatable bonds is 5. The molecule has 0 spiro atoms. The summed E-state index contributed by atoms with van der Waals surface area (Å²) in [6, 6.07) is 74.4. The van der Waals surface area contributed by atoms with Crippen molar-refractivity contribution in [2.75, 3.05) is 0 Å². The van der Waals surface area contributed by atoms with E-state index in [1.54, 1.807) is 0 Å². The predicted molar refractivity (Wildman–Crippen MR) is 237 cm³/mol. The molecule has 266 valence electrons. The van der Waals surface area contributed by atoms with Crippen molar-refractivity contribution in [3.05, 3.63) is 206 Å². The van der Waals surface area contributed by atoms with Crippen LogP contribution in [-0.4, -0.2) is 9.13 Å². The molecule has 3 nitrogen and oxygen atoms in total. The van der Waals surface area contributed by atoms with Gasteiger partial charge < -0.3 is 13.9 Å². The average Bonchev–Trinajstić information content (AvgIpc) is 3.80. The smallest absolute Gasteiger partial charge is 0.152 e. The molecular formula is C54H34N2O. The Balaban J connectivity index is 0.924. The van der Waals surface area contributed by atoms with Crippen LogP contribution in [0.5, 0.6) is 11.5 Å². The van der Waals surface area contributed by atoms with E-state index in [9.17, 15) is 0 Å². The number of benzene rings is 9. The Hall–Kier alpha value is -7.62. The van der Waals surface area contributed by atoms with E-state index in [1.165, 1.54) is 71.5 Å². The fourth-order valence-corrected chi connectivity index (χ4v) is 9.00. The zero-order valence-corrected chi connectivity index (χ0v) is 30.9. The second-order valence-corrected chi connectivity index (χ2v) is 14.9. The molecule has 0 amide bonds. The molecule has 11 aromatic rings. The Morgan fingerprint density at radius 2 is 0.772 bits per heavy atom. The summed E-state index contributed by atoms with van der Waals surface area (Å²) in [7, 11) is 0. The van der Waals surface area contributed by atoms with E-state index in [1.807, 2.05) is 0 Å². The first-order valence-corrected chi connectivity index (χ1v) is 19.5. The fraction of sp³-hybridized carbons (Fsp3) is 0. The van der Waals surface area contributed by atoms with Gasteiger partial charge in [0.2, 0.25) is 0 Å². The molecule has 57 heavy (non-hydrogen) atoms. The predicted octanol–water partition coefficient (Wildman–Crippen LogP) is 14.7. The molecule has 0 fully saturated rings. The van der Waals surface area contributed by atoms with Crippen LogP contribution in [0.1, 0.15) is 0 Å². The fourth-order valence-electron chi connectivity index (χ4n) is 9.00. The Bertz CT molecular complexity index is 3260. The summed E-state index contributed by atoms with van der Waals surface area (Å²) in [5, 5.41) is 4.93. The quantitative estimate of drug-likeness (QED) is 0.173. The zero-order chi connectivity index (χ0) is 37.5. The van der Waals surface area contributed by atoms with Crippen LogP contribution in [0.2, 0.25) is 0 Å². The van der Waals surface area contributed by atoms with Gasteiger partial charge in [-0.2, -0.15) is 0 Å². The first-order chi connectivity index (χ1) is 28.2. The third-order valence-corrected chi connectivity index (χ3v) is 11.7. The van der Waals surface area contributed by atoms with E-state index >= 15 is 0 Å². The second kappa shape index (κ2) is 12.5. The summed E-state index contributed by atoms with van der Waals surface area (Å²) in [6.45, 7) is 0. The normalized spacial score (nSPS) is 12.0. The zero-order valence-electron chi connectivity index (χ0n) is 30.9. The van der Waals surface area contributed by atoms with E-state index in [0.717, 1.165) is 39.5 Å². The van der Waals surface area contributed by atoms with Crippen molar-refractivity contribution in [3.8, 4) is 67.4 Å². The minimum absolute atomic E-state index is 0.864. The molecule has 3 heteroatoms. The molecule has 0 radical (unpaired) electrons. The highest BCUT2D eigenvalue weighted by atomic mass is 16.5. The van der Waals surface area contributed by atoms with Crippen molar-refractivity contribution < 1.29 is 4.74 Å². The maximum absolute atomic E-state index is 6.58. The minimum Gasteiger partial charge on any atom is -0.453 e. The van der Waals surface area contributed by atoms with Crippen molar-refractivity contribution in [3.63, 3.8) is 0 Å². The van der Waals surface area contributed by atoms with Gasteiger partial charge in [-0.1, -0.05) is 146 Å². The lowest BCUT2D eigenvalue weighted by atomic mass is 9.99. The van der Waals surface area contributed by atoms with Gasteiger partial charge in [0, 0.05) is 27.2 Å². The van der Waals surface area contributed by atoms with Crippen LogP contribution < -0.4 is 4.74 Å². The Labute approximate surface area is 329 Å². The molecule has 2 aromatic heterocycles. The maximum atomic E-state index is 6.58. The van der Waals surface area contributed by atoms with E-state index in [-0.39, 0.29) is 0 Å². The standard InChI is InChI=1S/C54H34N2O/c1-3-11-35(12-4-1)40-25-28-49-46(32-40)47-33-41(36-13-5-2-6-14-36)26-29-50(47)55(49)43-16-9-15-39(31-43)37-21-23-38(24-22-37)42-27-30-51-53(34-42)57-52-20-10-18-45-44-17-7-8-19-48(44)56(51)54(45)52/h1-34H. The topological polar surface area (TPSA) is 19.1 Å². The Kier molecular flexibility index (Phi) is 6.93. The van der Waals surface area contributed by atoms with E-state index in [4.69, 9.17) is 4.74 Å². The molecule has 9 aromatic carbocycles. The molecule has 0 atom stereocenters. The van der Waals surface area contributed by atoms with E-state index < -0.39 is 0 Å². The molecule has 12 rings (SSSR count). The minimum atomic E-state index is 0.864. The van der Waals surface area contributed by atoms with Gasteiger partial charge in [-0.3, -0.25) is 0 Å². The van der Waals surface area contributed by atoms with Gasteiger partial charge in [-0.15, -0.1) is 0 Å². The van der Waals surface area contributed by atoms with Crippen LogP contribution >= 0.6 is 0 Å². The van der Waals surface area contributed by atoms with Crippen molar-refractivity contribution in [2.24, 2.45) is 0 Å². The van der Waals surface area contributed by atoms with Gasteiger partial charge in [0.05, 0.1) is 27.8 Å². The van der Waals surface area contributed by atoms with Crippen molar-refractivity contribution in [2.45, 2.75) is 0 Å². The number of aromatic nitrogens is 2. The maximum Gasteiger partial charge on any atom is 0.152 e. The molecule has 0 bridgehead atoms. The van der Waals surface area contributed by atoms with Crippen LogP contribution in [0.3, 0.4) is 0 Å². The molecule has 1 aliphatic heterocycles. The summed E-state index contributed by atoms with van der Waals surface area (Å²) < 4.78 is 11.3. The van der Waals surface area contributed by atoms with Crippen molar-refractivity contribution in [1.82, 2.24) is 9.13 Å². The van der Waals surface area contributed by atoms with Gasteiger partial charge in [-0.05, 0) is 105 Å². The van der Waals surface area contributed by atoms with E-state index in [2.05, 4.69) is 215 Å². The summed E-state index contributed by atoms with van der Waals surface area (Å²) in [6.07, 6.45) is 0. The number of hydrogen-bond donors (Lipinski definition) is 0. The third kappa shape index (κ3) is 4.99. The first kappa shape index (κ1) is 31.7. The lowest BCUT2D eigenvalue weighted by molar-refractivity contribution is 0.476. The highest BCUT2D eigenvalue weighted by molar-refractivity contribution is 6.13. The summed E-state index contributed by atoms with van der Waals surface area (Å²) in [5.74, 6) is 1.75. The lowest BCUT2D eigenvalue weighted by Gasteiger charge is -2.21. The summed E-state index contributed by atoms with van der Waals surface area (Å²) in [5.41, 5.74) is 16.4. The molecule has 0 N–H and O–H groups in total. The van der Waals surface area contributed by atoms with Crippen LogP contribution in [0.25, 0.3) is 99.5 Å². The highest BCUT2D eigenvalue weighted by Crippen LogP contribution is 2.46. The lowest BCUT2D eigenvalue weighted by Crippen LogP contribution is -2.04. The highest BCUT2D eigenvalue weighted by Gasteiger charge is 2.24. The number of nitrogens with zero attached hydrogens (tertiary/aromatic N) is 2. The third-order valence-electron chi connectivity index (χ3n) is 11.7. The van der Waals surface area contributed by atoms with Gasteiger partial charge in [0.1, 0.15) is 0 Å². The molecule has 3 heterocycles. The van der Waals surface area contributed by atoms with Crippen LogP contribution in [0.15, 0.2) is 206 Å². The summed E-state index contributed by atoms with van der Waals surface area (Å²) in [4.78, 5) is 0. The van der Waals surface area contributed by atoms with Crippen molar-refractivity contribution in [1.29, 1.82) is 0 Å². The second-order valence-electron chi connectivity index (χ2n) is 14.9. The molecule has 0 aliphatic carbocycles. The summed E-state index contributed by atoms with van der Waals surface area (Å²) >= 11 is 0. The van der Waals surface area contributed by atoms with Gasteiger partial charge in [0.15, 0.2) is 11.5 Å². The monoisotopic (exact) mass is 726 g/mol. The Morgan fingerprint density at radius 1 is 0.281 bits per heavy atom. The number of para-hydroxylation sites is 2.